The van der Waals surface area contributed by atoms with Gasteiger partial charge in [0.25, 0.3) is 0 Å². The van der Waals surface area contributed by atoms with Gasteiger partial charge in [-0.05, 0) is 74.4 Å². The number of hydrogen-bond donors (Lipinski definition) is 0. The highest BCUT2D eigenvalue weighted by Gasteiger charge is 2.18. The van der Waals surface area contributed by atoms with Gasteiger partial charge in [0.05, 0.1) is 30.4 Å². The van der Waals surface area contributed by atoms with Crippen molar-refractivity contribution in [1.82, 2.24) is 14.8 Å². The van der Waals surface area contributed by atoms with Crippen molar-refractivity contribution in [1.29, 1.82) is 0 Å². The van der Waals surface area contributed by atoms with Gasteiger partial charge in [0.1, 0.15) is 17.2 Å². The van der Waals surface area contributed by atoms with Crippen LogP contribution in [-0.2, 0) is 0 Å². The fraction of sp³-hybridized carbons (Fsp3) is 0.185. The zero-order valence-electron chi connectivity index (χ0n) is 18.7. The van der Waals surface area contributed by atoms with Gasteiger partial charge in [-0.15, -0.1) is 0 Å². The van der Waals surface area contributed by atoms with Gasteiger partial charge in [-0.3, -0.25) is 4.98 Å². The summed E-state index contributed by atoms with van der Waals surface area (Å²) >= 11 is 0. The Morgan fingerprint density at radius 1 is 0.875 bits per heavy atom. The number of pyridine rings is 1. The summed E-state index contributed by atoms with van der Waals surface area (Å²) in [5.41, 5.74) is 7.26. The number of methoxy groups -OCH3 is 1. The number of nitrogens with zero attached hydrogens (tertiary/aromatic N) is 3. The molecule has 0 amide bonds. The molecule has 0 bridgehead atoms. The second-order valence-corrected chi connectivity index (χ2v) is 7.89. The molecular formula is C27H25N3O2. The minimum atomic E-state index is 0.611. The van der Waals surface area contributed by atoms with Crippen molar-refractivity contribution in [3.8, 4) is 28.4 Å². The van der Waals surface area contributed by atoms with E-state index < -0.39 is 0 Å². The third-order valence-corrected chi connectivity index (χ3v) is 5.87. The number of rotatable bonds is 5. The SMILES string of the molecule is CCOc1ccc2ncc3c(-c4cccc(OC)c4)nn(-c4ccc(C)c(C)c4)c3c2c1. The number of hydrogen-bond acceptors (Lipinski definition) is 4. The van der Waals surface area contributed by atoms with Gasteiger partial charge in [-0.2, -0.15) is 5.10 Å². The molecule has 0 saturated carbocycles. The van der Waals surface area contributed by atoms with Crippen LogP contribution in [0, 0.1) is 13.8 Å². The van der Waals surface area contributed by atoms with Crippen LogP contribution in [0.15, 0.2) is 66.9 Å². The molecule has 0 spiro atoms. The maximum atomic E-state index is 5.79. The molecule has 0 radical (unpaired) electrons. The predicted molar refractivity (Wildman–Crippen MR) is 129 cm³/mol. The van der Waals surface area contributed by atoms with Gasteiger partial charge < -0.3 is 9.47 Å². The molecule has 2 heterocycles. The van der Waals surface area contributed by atoms with E-state index in [1.165, 1.54) is 11.1 Å². The van der Waals surface area contributed by atoms with E-state index in [9.17, 15) is 0 Å². The summed E-state index contributed by atoms with van der Waals surface area (Å²) in [5, 5.41) is 7.07. The Balaban J connectivity index is 1.87. The Kier molecular flexibility index (Phi) is 5.02. The van der Waals surface area contributed by atoms with E-state index in [1.807, 2.05) is 48.1 Å². The quantitative estimate of drug-likeness (QED) is 0.334. The number of fused-ring (bicyclic) bond motifs is 3. The third kappa shape index (κ3) is 3.36. The minimum absolute atomic E-state index is 0.611. The molecule has 32 heavy (non-hydrogen) atoms. The number of aryl methyl sites for hydroxylation is 2. The van der Waals surface area contributed by atoms with Crippen LogP contribution in [0.4, 0.5) is 0 Å². The Bertz CT molecular complexity index is 1450. The zero-order chi connectivity index (χ0) is 22.2. The second-order valence-electron chi connectivity index (χ2n) is 7.89. The highest BCUT2D eigenvalue weighted by molar-refractivity contribution is 6.09. The molecule has 160 valence electrons. The van der Waals surface area contributed by atoms with E-state index in [1.54, 1.807) is 7.11 Å². The smallest absolute Gasteiger partial charge is 0.120 e. The van der Waals surface area contributed by atoms with Crippen molar-refractivity contribution in [2.45, 2.75) is 20.8 Å². The van der Waals surface area contributed by atoms with Crippen LogP contribution in [-0.4, -0.2) is 28.5 Å². The molecule has 0 aliphatic heterocycles. The summed E-state index contributed by atoms with van der Waals surface area (Å²) in [7, 11) is 1.68. The summed E-state index contributed by atoms with van der Waals surface area (Å²) in [6, 6.07) is 20.4. The summed E-state index contributed by atoms with van der Waals surface area (Å²) < 4.78 is 13.3. The van der Waals surface area contributed by atoms with E-state index >= 15 is 0 Å². The Labute approximate surface area is 187 Å². The Morgan fingerprint density at radius 3 is 2.53 bits per heavy atom. The van der Waals surface area contributed by atoms with E-state index in [0.717, 1.165) is 50.2 Å². The molecule has 3 aromatic carbocycles. The normalized spacial score (nSPS) is 11.2. The molecular weight excluding hydrogens is 398 g/mol. The first-order valence-corrected chi connectivity index (χ1v) is 10.8. The van der Waals surface area contributed by atoms with Crippen LogP contribution in [0.1, 0.15) is 18.1 Å². The van der Waals surface area contributed by atoms with Gasteiger partial charge >= 0.3 is 0 Å². The lowest BCUT2D eigenvalue weighted by Gasteiger charge is -2.09. The van der Waals surface area contributed by atoms with Crippen molar-refractivity contribution in [2.24, 2.45) is 0 Å². The molecule has 0 atom stereocenters. The van der Waals surface area contributed by atoms with Crippen LogP contribution in [0.5, 0.6) is 11.5 Å². The maximum Gasteiger partial charge on any atom is 0.120 e. The first kappa shape index (κ1) is 20.1. The molecule has 5 rings (SSSR count). The third-order valence-electron chi connectivity index (χ3n) is 5.87. The molecule has 0 aliphatic carbocycles. The molecule has 0 saturated heterocycles. The highest BCUT2D eigenvalue weighted by Crippen LogP contribution is 2.36. The second kappa shape index (κ2) is 8.00. The summed E-state index contributed by atoms with van der Waals surface area (Å²) in [6.45, 7) is 6.85. The highest BCUT2D eigenvalue weighted by atomic mass is 16.5. The largest absolute Gasteiger partial charge is 0.497 e. The molecule has 0 N–H and O–H groups in total. The topological polar surface area (TPSA) is 49.2 Å². The maximum absolute atomic E-state index is 5.79. The van der Waals surface area contributed by atoms with Gasteiger partial charge in [0, 0.05) is 22.5 Å². The molecule has 0 unspecified atom stereocenters. The zero-order valence-corrected chi connectivity index (χ0v) is 18.7. The van der Waals surface area contributed by atoms with Gasteiger partial charge in [0.15, 0.2) is 0 Å². The van der Waals surface area contributed by atoms with Gasteiger partial charge in [-0.1, -0.05) is 18.2 Å². The first-order chi connectivity index (χ1) is 15.6. The number of aromatic nitrogens is 3. The lowest BCUT2D eigenvalue weighted by Crippen LogP contribution is -1.99. The lowest BCUT2D eigenvalue weighted by atomic mass is 10.1. The van der Waals surface area contributed by atoms with Crippen molar-refractivity contribution >= 4 is 21.8 Å². The first-order valence-electron chi connectivity index (χ1n) is 10.8. The Morgan fingerprint density at radius 2 is 1.75 bits per heavy atom. The van der Waals surface area contributed by atoms with Crippen LogP contribution >= 0.6 is 0 Å². The standard InChI is InChI=1S/C27H25N3O2/c1-5-32-22-11-12-25-23(15-22)27-24(16-28-25)26(19-7-6-8-21(14-19)31-4)29-30(27)20-10-9-17(2)18(3)13-20/h6-16H,5H2,1-4H3. The van der Waals surface area contributed by atoms with Crippen molar-refractivity contribution in [3.63, 3.8) is 0 Å². The van der Waals surface area contributed by atoms with Crippen LogP contribution in [0.3, 0.4) is 0 Å². The van der Waals surface area contributed by atoms with E-state index in [-0.39, 0.29) is 0 Å². The Hall–Kier alpha value is -3.86. The number of ether oxygens (including phenoxy) is 2. The van der Waals surface area contributed by atoms with Crippen molar-refractivity contribution in [2.75, 3.05) is 13.7 Å². The average molecular weight is 424 g/mol. The molecule has 5 aromatic rings. The van der Waals surface area contributed by atoms with Gasteiger partial charge in [0.2, 0.25) is 0 Å². The van der Waals surface area contributed by atoms with Gasteiger partial charge in [-0.25, -0.2) is 4.68 Å². The molecule has 0 fully saturated rings. The molecule has 2 aromatic heterocycles. The molecule has 5 heteroatoms. The fourth-order valence-corrected chi connectivity index (χ4v) is 4.05. The fourth-order valence-electron chi connectivity index (χ4n) is 4.05. The molecule has 5 nitrogen and oxygen atoms in total. The van der Waals surface area contributed by atoms with Crippen LogP contribution < -0.4 is 9.47 Å². The summed E-state index contributed by atoms with van der Waals surface area (Å²) in [4.78, 5) is 4.74. The van der Waals surface area contributed by atoms with Crippen molar-refractivity contribution < 1.29 is 9.47 Å². The average Bonchev–Trinajstić information content (AvgIpc) is 3.21. The number of benzene rings is 3. The summed E-state index contributed by atoms with van der Waals surface area (Å²) in [5.74, 6) is 1.62. The monoisotopic (exact) mass is 423 g/mol. The van der Waals surface area contributed by atoms with E-state index in [0.29, 0.717) is 6.61 Å². The van der Waals surface area contributed by atoms with E-state index in [4.69, 9.17) is 19.6 Å². The van der Waals surface area contributed by atoms with Crippen LogP contribution in [0.25, 0.3) is 38.8 Å². The molecule has 0 aliphatic rings. The lowest BCUT2D eigenvalue weighted by molar-refractivity contribution is 0.341. The van der Waals surface area contributed by atoms with Crippen molar-refractivity contribution in [3.05, 3.63) is 78.0 Å². The predicted octanol–water partition coefficient (Wildman–Crippen LogP) is 6.26. The summed E-state index contributed by atoms with van der Waals surface area (Å²) in [6.07, 6.45) is 1.91. The minimum Gasteiger partial charge on any atom is -0.497 e. The van der Waals surface area contributed by atoms with Crippen LogP contribution in [0.2, 0.25) is 0 Å². The van der Waals surface area contributed by atoms with E-state index in [2.05, 4.69) is 44.2 Å².